The minimum absolute atomic E-state index is 0.0199. The van der Waals surface area contributed by atoms with Gasteiger partial charge in [0.25, 0.3) is 0 Å². The van der Waals surface area contributed by atoms with Crippen molar-refractivity contribution in [1.82, 2.24) is 9.78 Å². The number of fused-ring (bicyclic) bond motifs is 3. The lowest BCUT2D eigenvalue weighted by Crippen LogP contribution is -2.46. The van der Waals surface area contributed by atoms with Gasteiger partial charge in [0.15, 0.2) is 0 Å². The maximum atomic E-state index is 12.3. The molecular formula is C24H24N4O2. The van der Waals surface area contributed by atoms with Crippen molar-refractivity contribution in [3.05, 3.63) is 60.4 Å². The number of ether oxygens (including phenoxy) is 1. The molecule has 0 radical (unpaired) electrons. The van der Waals surface area contributed by atoms with Gasteiger partial charge in [0.1, 0.15) is 6.10 Å². The Morgan fingerprint density at radius 2 is 1.87 bits per heavy atom. The Hall–Kier alpha value is -3.33. The Morgan fingerprint density at radius 1 is 1.10 bits per heavy atom. The number of hydrogen-bond donors (Lipinski definition) is 0. The van der Waals surface area contributed by atoms with Gasteiger partial charge >= 0.3 is 5.97 Å². The van der Waals surface area contributed by atoms with Gasteiger partial charge in [-0.15, -0.1) is 0 Å². The fourth-order valence-corrected chi connectivity index (χ4v) is 5.11. The Bertz CT molecular complexity index is 1090. The Balaban J connectivity index is 1.30. The van der Waals surface area contributed by atoms with Crippen molar-refractivity contribution < 1.29 is 9.53 Å². The van der Waals surface area contributed by atoms with Crippen LogP contribution in [0, 0.1) is 11.3 Å². The number of benzene rings is 2. The first kappa shape index (κ1) is 18.7. The summed E-state index contributed by atoms with van der Waals surface area (Å²) in [5.41, 5.74) is 1.91. The van der Waals surface area contributed by atoms with E-state index in [1.807, 2.05) is 36.5 Å². The van der Waals surface area contributed by atoms with Gasteiger partial charge in [0.05, 0.1) is 24.6 Å². The van der Waals surface area contributed by atoms with Crippen LogP contribution in [-0.4, -0.2) is 33.9 Å². The van der Waals surface area contributed by atoms with Crippen LogP contribution >= 0.6 is 0 Å². The summed E-state index contributed by atoms with van der Waals surface area (Å²) < 4.78 is 7.58. The highest BCUT2D eigenvalue weighted by molar-refractivity contribution is 5.98. The summed E-state index contributed by atoms with van der Waals surface area (Å²) in [6.07, 6.45) is 7.84. The molecule has 0 saturated carbocycles. The fraction of sp³-hybridized carbons (Fsp3) is 0.375. The predicted octanol–water partition coefficient (Wildman–Crippen LogP) is 4.04. The number of nitriles is 1. The van der Waals surface area contributed by atoms with Crippen molar-refractivity contribution >= 4 is 22.4 Å². The van der Waals surface area contributed by atoms with Gasteiger partial charge in [-0.2, -0.15) is 10.4 Å². The van der Waals surface area contributed by atoms with Crippen molar-refractivity contribution in [3.8, 4) is 6.07 Å². The van der Waals surface area contributed by atoms with Gasteiger partial charge in [0.2, 0.25) is 0 Å². The van der Waals surface area contributed by atoms with Gasteiger partial charge in [-0.1, -0.05) is 24.3 Å². The summed E-state index contributed by atoms with van der Waals surface area (Å²) in [7, 11) is 0. The molecule has 3 aromatic rings. The molecule has 2 aliphatic heterocycles. The first-order chi connectivity index (χ1) is 14.7. The van der Waals surface area contributed by atoms with Crippen LogP contribution in [0.5, 0.6) is 0 Å². The van der Waals surface area contributed by atoms with Crippen LogP contribution in [0.15, 0.2) is 54.9 Å². The summed E-state index contributed by atoms with van der Waals surface area (Å²) in [6.45, 7) is 0.550. The van der Waals surface area contributed by atoms with Crippen LogP contribution in [0.2, 0.25) is 0 Å². The number of hydrogen-bond acceptors (Lipinski definition) is 5. The zero-order valence-corrected chi connectivity index (χ0v) is 16.8. The second-order valence-corrected chi connectivity index (χ2v) is 8.18. The quantitative estimate of drug-likeness (QED) is 0.605. The first-order valence-corrected chi connectivity index (χ1v) is 10.6. The first-order valence-electron chi connectivity index (χ1n) is 10.6. The lowest BCUT2D eigenvalue weighted by Gasteiger charge is -2.40. The standard InChI is InChI=1S/C24H24N4O2/c25-16-17-6-9-23(22-5-2-1-4-21(17)22)28-18-7-8-19(28)15-20(14-18)30-24(29)10-13-27-12-3-11-26-27/h1-6,9,11-12,18-20H,7-8,10,13-15H2. The molecule has 2 bridgehead atoms. The van der Waals surface area contributed by atoms with Gasteiger partial charge in [-0.3, -0.25) is 9.48 Å². The number of aromatic nitrogens is 2. The van der Waals surface area contributed by atoms with Crippen molar-refractivity contribution in [3.63, 3.8) is 0 Å². The number of nitrogens with zero attached hydrogens (tertiary/aromatic N) is 4. The summed E-state index contributed by atoms with van der Waals surface area (Å²) in [4.78, 5) is 14.8. The molecule has 0 amide bonds. The van der Waals surface area contributed by atoms with Crippen LogP contribution in [0.3, 0.4) is 0 Å². The summed E-state index contributed by atoms with van der Waals surface area (Å²) in [5, 5.41) is 15.7. The van der Waals surface area contributed by atoms with E-state index in [2.05, 4.69) is 28.2 Å². The molecule has 1 aromatic heterocycles. The van der Waals surface area contributed by atoms with Gasteiger partial charge < -0.3 is 9.64 Å². The molecule has 30 heavy (non-hydrogen) atoms. The molecule has 2 saturated heterocycles. The third-order valence-corrected chi connectivity index (χ3v) is 6.39. The maximum absolute atomic E-state index is 12.3. The van der Waals surface area contributed by atoms with Crippen molar-refractivity contribution in [2.75, 3.05) is 4.90 Å². The highest BCUT2D eigenvalue weighted by atomic mass is 16.5. The van der Waals surface area contributed by atoms with E-state index < -0.39 is 0 Å². The van der Waals surface area contributed by atoms with Crippen LogP contribution in [0.25, 0.3) is 10.8 Å². The van der Waals surface area contributed by atoms with E-state index in [1.165, 1.54) is 5.69 Å². The molecule has 5 rings (SSSR count). The molecule has 0 aliphatic carbocycles. The number of rotatable bonds is 5. The SMILES string of the molecule is N#Cc1ccc(N2C3CCC2CC(OC(=O)CCn2cccn2)C3)c2ccccc12. The zero-order valence-electron chi connectivity index (χ0n) is 16.8. The average Bonchev–Trinajstić information content (AvgIpc) is 3.37. The monoisotopic (exact) mass is 400 g/mol. The molecular weight excluding hydrogens is 376 g/mol. The molecule has 152 valence electrons. The van der Waals surface area contributed by atoms with E-state index in [-0.39, 0.29) is 12.1 Å². The third kappa shape index (κ3) is 3.41. The number of carbonyl (C=O) groups is 1. The molecule has 3 heterocycles. The van der Waals surface area contributed by atoms with E-state index in [4.69, 9.17) is 4.74 Å². The maximum Gasteiger partial charge on any atom is 0.307 e. The Kier molecular flexibility index (Phi) is 4.88. The number of anilines is 1. The van der Waals surface area contributed by atoms with Crippen molar-refractivity contribution in [1.29, 1.82) is 5.26 Å². The molecule has 2 aromatic carbocycles. The number of aryl methyl sites for hydroxylation is 1. The lowest BCUT2D eigenvalue weighted by atomic mass is 9.96. The molecule has 6 nitrogen and oxygen atoms in total. The minimum Gasteiger partial charge on any atom is -0.462 e. The number of carbonyl (C=O) groups excluding carboxylic acids is 1. The highest BCUT2D eigenvalue weighted by Gasteiger charge is 2.42. The number of piperidine rings is 1. The lowest BCUT2D eigenvalue weighted by molar-refractivity contribution is -0.150. The number of esters is 1. The van der Waals surface area contributed by atoms with Crippen LogP contribution in [0.1, 0.15) is 37.7 Å². The largest absolute Gasteiger partial charge is 0.462 e. The third-order valence-electron chi connectivity index (χ3n) is 6.39. The summed E-state index contributed by atoms with van der Waals surface area (Å²) in [5.74, 6) is -0.146. The van der Waals surface area contributed by atoms with Crippen LogP contribution in [-0.2, 0) is 16.1 Å². The van der Waals surface area contributed by atoms with E-state index in [9.17, 15) is 10.1 Å². The van der Waals surface area contributed by atoms with E-state index in [0.29, 0.717) is 30.6 Å². The van der Waals surface area contributed by atoms with Crippen molar-refractivity contribution in [2.45, 2.75) is 56.8 Å². The average molecular weight is 400 g/mol. The van der Waals surface area contributed by atoms with Gasteiger partial charge in [0, 0.05) is 53.8 Å². The second-order valence-electron chi connectivity index (χ2n) is 8.18. The van der Waals surface area contributed by atoms with E-state index in [0.717, 1.165) is 36.5 Å². The summed E-state index contributed by atoms with van der Waals surface area (Å²) >= 11 is 0. The highest BCUT2D eigenvalue weighted by Crippen LogP contribution is 2.43. The molecule has 2 atom stereocenters. The fourth-order valence-electron chi connectivity index (χ4n) is 5.11. The smallest absolute Gasteiger partial charge is 0.307 e. The predicted molar refractivity (Wildman–Crippen MR) is 114 cm³/mol. The Morgan fingerprint density at radius 3 is 2.57 bits per heavy atom. The van der Waals surface area contributed by atoms with Crippen LogP contribution < -0.4 is 4.90 Å². The van der Waals surface area contributed by atoms with Crippen LogP contribution in [0.4, 0.5) is 5.69 Å². The van der Waals surface area contributed by atoms with Gasteiger partial charge in [-0.25, -0.2) is 0 Å². The van der Waals surface area contributed by atoms with E-state index >= 15 is 0 Å². The second kappa shape index (κ2) is 7.83. The topological polar surface area (TPSA) is 71.2 Å². The minimum atomic E-state index is -0.146. The van der Waals surface area contributed by atoms with E-state index in [1.54, 1.807) is 10.9 Å². The molecule has 6 heteroatoms. The molecule has 0 N–H and O–H groups in total. The molecule has 0 spiro atoms. The Labute approximate surface area is 175 Å². The molecule has 2 unspecified atom stereocenters. The zero-order chi connectivity index (χ0) is 20.5. The molecule has 2 aliphatic rings. The van der Waals surface area contributed by atoms with Crippen molar-refractivity contribution in [2.24, 2.45) is 0 Å². The normalized spacial score (nSPS) is 22.8. The summed E-state index contributed by atoms with van der Waals surface area (Å²) in [6, 6.07) is 17.0. The van der Waals surface area contributed by atoms with Gasteiger partial charge in [-0.05, 0) is 31.0 Å². The molecule has 2 fully saturated rings.